The van der Waals surface area contributed by atoms with Gasteiger partial charge in [0.1, 0.15) is 18.2 Å². The number of halogens is 1. The molecule has 30 heavy (non-hydrogen) atoms. The van der Waals surface area contributed by atoms with Gasteiger partial charge >= 0.3 is 11.7 Å². The quantitative estimate of drug-likeness (QED) is 0.541. The molecule has 3 aromatic rings. The predicted molar refractivity (Wildman–Crippen MR) is 110 cm³/mol. The van der Waals surface area contributed by atoms with Crippen molar-refractivity contribution in [1.82, 2.24) is 19.1 Å². The first-order valence-electron chi connectivity index (χ1n) is 10.1. The van der Waals surface area contributed by atoms with Crippen molar-refractivity contribution in [3.63, 3.8) is 0 Å². The second-order valence-corrected chi connectivity index (χ2v) is 7.05. The minimum Gasteiger partial charge on any atom is -0.457 e. The number of carbonyl (C=O) groups is 1. The van der Waals surface area contributed by atoms with Gasteiger partial charge in [-0.25, -0.2) is 14.2 Å². The number of nitrogens with one attached hydrogen (secondary N) is 1. The average Bonchev–Trinajstić information content (AvgIpc) is 3.07. The van der Waals surface area contributed by atoms with E-state index in [1.54, 1.807) is 16.7 Å². The molecule has 0 unspecified atom stereocenters. The van der Waals surface area contributed by atoms with Crippen LogP contribution in [0.1, 0.15) is 44.5 Å². The van der Waals surface area contributed by atoms with Gasteiger partial charge in [0.15, 0.2) is 11.2 Å². The summed E-state index contributed by atoms with van der Waals surface area (Å²) < 4.78 is 22.2. The summed E-state index contributed by atoms with van der Waals surface area (Å²) in [5, 5.41) is 0. The van der Waals surface area contributed by atoms with Crippen molar-refractivity contribution >= 4 is 17.1 Å². The molecule has 2 heterocycles. The number of fused-ring (bicyclic) bond motifs is 1. The molecule has 0 aliphatic carbocycles. The number of nitrogens with zero attached hydrogens (tertiary/aromatic N) is 3. The smallest absolute Gasteiger partial charge is 0.330 e. The van der Waals surface area contributed by atoms with Crippen LogP contribution in [0.3, 0.4) is 0 Å². The highest BCUT2D eigenvalue weighted by atomic mass is 19.1. The molecular formula is C21H25FN4O4. The van der Waals surface area contributed by atoms with E-state index < -0.39 is 23.0 Å². The Morgan fingerprint density at radius 2 is 1.90 bits per heavy atom. The Bertz CT molecular complexity index is 1160. The minimum atomic E-state index is -0.604. The summed E-state index contributed by atoms with van der Waals surface area (Å²) in [7, 11) is 0. The lowest BCUT2D eigenvalue weighted by atomic mass is 10.1. The van der Waals surface area contributed by atoms with Gasteiger partial charge in [-0.3, -0.25) is 19.1 Å². The Hall–Kier alpha value is -3.23. The molecule has 0 bridgehead atoms. The molecule has 0 fully saturated rings. The number of H-pyrrole nitrogens is 1. The molecule has 0 spiro atoms. The molecule has 0 aliphatic rings. The summed E-state index contributed by atoms with van der Waals surface area (Å²) in [5.41, 5.74) is -0.217. The van der Waals surface area contributed by atoms with E-state index in [-0.39, 0.29) is 29.8 Å². The van der Waals surface area contributed by atoms with Gasteiger partial charge in [0.25, 0.3) is 5.56 Å². The highest BCUT2D eigenvalue weighted by Gasteiger charge is 2.19. The number of carbonyl (C=O) groups excluding carboxylic acids is 1. The lowest BCUT2D eigenvalue weighted by Gasteiger charge is -2.09. The Balaban J connectivity index is 1.91. The van der Waals surface area contributed by atoms with Crippen LogP contribution in [0.15, 0.2) is 33.9 Å². The molecule has 9 heteroatoms. The normalized spacial score (nSPS) is 11.2. The molecule has 8 nitrogen and oxygen atoms in total. The van der Waals surface area contributed by atoms with E-state index in [9.17, 15) is 18.8 Å². The highest BCUT2D eigenvalue weighted by molar-refractivity contribution is 5.73. The first-order valence-corrected chi connectivity index (χ1v) is 10.1. The predicted octanol–water partition coefficient (Wildman–Crippen LogP) is 2.52. The third-order valence-electron chi connectivity index (χ3n) is 4.80. The molecule has 160 valence electrons. The molecule has 1 aromatic carbocycles. The van der Waals surface area contributed by atoms with Crippen LogP contribution in [0.4, 0.5) is 4.39 Å². The maximum absolute atomic E-state index is 13.8. The number of hydrogen-bond acceptors (Lipinski definition) is 5. The third kappa shape index (κ3) is 4.50. The summed E-state index contributed by atoms with van der Waals surface area (Å²) in [6, 6.07) is 6.00. The Kier molecular flexibility index (Phi) is 6.81. The Morgan fingerprint density at radius 3 is 2.60 bits per heavy atom. The average molecular weight is 416 g/mol. The van der Waals surface area contributed by atoms with Crippen molar-refractivity contribution in [2.75, 3.05) is 0 Å². The van der Waals surface area contributed by atoms with E-state index in [4.69, 9.17) is 4.74 Å². The second kappa shape index (κ2) is 9.51. The number of benzene rings is 1. The molecule has 0 saturated carbocycles. The SMILES string of the molecule is CCCCn1c(=O)[nH]c(=O)c2c1nc(COC(=O)Cc1ccccc1F)n2CCC. The first kappa shape index (κ1) is 21.5. The van der Waals surface area contributed by atoms with E-state index >= 15 is 0 Å². The zero-order valence-electron chi connectivity index (χ0n) is 17.1. The monoisotopic (exact) mass is 416 g/mol. The van der Waals surface area contributed by atoms with Gasteiger partial charge in [-0.2, -0.15) is 0 Å². The van der Waals surface area contributed by atoms with Crippen molar-refractivity contribution in [2.45, 2.75) is 59.2 Å². The van der Waals surface area contributed by atoms with Crippen LogP contribution in [0.5, 0.6) is 0 Å². The van der Waals surface area contributed by atoms with Crippen LogP contribution < -0.4 is 11.2 Å². The highest BCUT2D eigenvalue weighted by Crippen LogP contribution is 2.15. The van der Waals surface area contributed by atoms with Gasteiger partial charge < -0.3 is 9.30 Å². The number of unbranched alkanes of at least 4 members (excludes halogenated alkanes) is 1. The summed E-state index contributed by atoms with van der Waals surface area (Å²) in [6.07, 6.45) is 2.15. The lowest BCUT2D eigenvalue weighted by molar-refractivity contribution is -0.144. The molecule has 3 rings (SSSR count). The summed E-state index contributed by atoms with van der Waals surface area (Å²) in [5.74, 6) is -0.707. The number of aromatic amines is 1. The molecule has 0 atom stereocenters. The minimum absolute atomic E-state index is 0.177. The topological polar surface area (TPSA) is 99.0 Å². The van der Waals surface area contributed by atoms with Crippen molar-refractivity contribution in [2.24, 2.45) is 0 Å². The largest absolute Gasteiger partial charge is 0.457 e. The second-order valence-electron chi connectivity index (χ2n) is 7.05. The third-order valence-corrected chi connectivity index (χ3v) is 4.80. The van der Waals surface area contributed by atoms with E-state index in [0.717, 1.165) is 19.3 Å². The van der Waals surface area contributed by atoms with Crippen LogP contribution in [0.2, 0.25) is 0 Å². The molecule has 1 N–H and O–H groups in total. The molecule has 0 amide bonds. The number of rotatable bonds is 9. The van der Waals surface area contributed by atoms with Crippen LogP contribution in [0, 0.1) is 5.82 Å². The van der Waals surface area contributed by atoms with E-state index in [0.29, 0.717) is 18.9 Å². The van der Waals surface area contributed by atoms with E-state index in [1.807, 2.05) is 13.8 Å². The van der Waals surface area contributed by atoms with Crippen LogP contribution in [-0.2, 0) is 35.6 Å². The number of esters is 1. The number of imidazole rings is 1. The fourth-order valence-electron chi connectivity index (χ4n) is 3.31. The summed E-state index contributed by atoms with van der Waals surface area (Å²) >= 11 is 0. The molecule has 2 aromatic heterocycles. The van der Waals surface area contributed by atoms with Gasteiger partial charge in [0.2, 0.25) is 0 Å². The maximum atomic E-state index is 13.8. The summed E-state index contributed by atoms with van der Waals surface area (Å²) in [6.45, 7) is 4.68. The molecule has 0 saturated heterocycles. The van der Waals surface area contributed by atoms with Crippen molar-refractivity contribution in [1.29, 1.82) is 0 Å². The Morgan fingerprint density at radius 1 is 1.13 bits per heavy atom. The van der Waals surface area contributed by atoms with Gasteiger partial charge in [-0.15, -0.1) is 0 Å². The van der Waals surface area contributed by atoms with Crippen molar-refractivity contribution < 1.29 is 13.9 Å². The standard InChI is InChI=1S/C21H25FN4O4/c1-3-5-11-26-19-18(20(28)24-21(26)29)25(10-4-2)16(23-19)13-30-17(27)12-14-8-6-7-9-15(14)22/h6-9H,3-5,10-13H2,1-2H3,(H,24,28,29). The molecule has 0 aliphatic heterocycles. The van der Waals surface area contributed by atoms with Gasteiger partial charge in [0, 0.05) is 13.1 Å². The van der Waals surface area contributed by atoms with Crippen molar-refractivity contribution in [3.05, 3.63) is 62.3 Å². The van der Waals surface area contributed by atoms with Crippen LogP contribution in [-0.4, -0.2) is 25.1 Å². The maximum Gasteiger partial charge on any atom is 0.330 e. The van der Waals surface area contributed by atoms with Gasteiger partial charge in [-0.1, -0.05) is 38.5 Å². The van der Waals surface area contributed by atoms with Crippen molar-refractivity contribution in [3.8, 4) is 0 Å². The molecular weight excluding hydrogens is 391 g/mol. The first-order chi connectivity index (χ1) is 14.5. The fourth-order valence-corrected chi connectivity index (χ4v) is 3.31. The summed E-state index contributed by atoms with van der Waals surface area (Å²) in [4.78, 5) is 43.8. The number of hydrogen-bond donors (Lipinski definition) is 1. The number of ether oxygens (including phenoxy) is 1. The van der Waals surface area contributed by atoms with E-state index in [1.165, 1.54) is 16.7 Å². The zero-order chi connectivity index (χ0) is 21.7. The molecule has 0 radical (unpaired) electrons. The van der Waals surface area contributed by atoms with E-state index in [2.05, 4.69) is 9.97 Å². The zero-order valence-corrected chi connectivity index (χ0v) is 17.1. The van der Waals surface area contributed by atoms with Crippen LogP contribution in [0.25, 0.3) is 11.2 Å². The fraction of sp³-hybridized carbons (Fsp3) is 0.429. The van der Waals surface area contributed by atoms with Crippen LogP contribution >= 0.6 is 0 Å². The Labute approximate surface area is 172 Å². The lowest BCUT2D eigenvalue weighted by Crippen LogP contribution is -2.31. The number of aromatic nitrogens is 4. The van der Waals surface area contributed by atoms with Gasteiger partial charge in [0.05, 0.1) is 6.42 Å². The van der Waals surface area contributed by atoms with Gasteiger partial charge in [-0.05, 0) is 24.5 Å². The number of aryl methyl sites for hydroxylation is 2.